The molecule has 3 aromatic rings. The summed E-state index contributed by atoms with van der Waals surface area (Å²) in [6.07, 6.45) is 1.85. The number of carbonyl (C=O) groups excluding carboxylic acids is 1. The number of nitrogens with one attached hydrogen (secondary N) is 1. The molecule has 1 fully saturated rings. The first-order valence-electron chi connectivity index (χ1n) is 11.2. The van der Waals surface area contributed by atoms with Gasteiger partial charge in [0.1, 0.15) is 5.69 Å². The van der Waals surface area contributed by atoms with Gasteiger partial charge in [0.2, 0.25) is 5.91 Å². The fraction of sp³-hybridized carbons (Fsp3) is 0.360. The molecular weight excluding hydrogens is 400 g/mol. The van der Waals surface area contributed by atoms with Crippen molar-refractivity contribution in [1.82, 2.24) is 15.3 Å². The van der Waals surface area contributed by atoms with Gasteiger partial charge in [-0.2, -0.15) is 5.26 Å². The van der Waals surface area contributed by atoms with Crippen molar-refractivity contribution in [1.29, 1.82) is 5.26 Å². The molecule has 1 aliphatic rings. The summed E-state index contributed by atoms with van der Waals surface area (Å²) in [4.78, 5) is 26.9. The maximum Gasteiger partial charge on any atom is 0.243 e. The van der Waals surface area contributed by atoms with Crippen LogP contribution in [0.5, 0.6) is 0 Å². The van der Waals surface area contributed by atoms with Crippen LogP contribution in [0.3, 0.4) is 0 Å². The van der Waals surface area contributed by atoms with Gasteiger partial charge in [0.25, 0.3) is 0 Å². The van der Waals surface area contributed by atoms with Crippen molar-refractivity contribution in [2.45, 2.75) is 25.7 Å². The highest BCUT2D eigenvalue weighted by Gasteiger charge is 2.30. The van der Waals surface area contributed by atoms with Gasteiger partial charge in [0.05, 0.1) is 17.1 Å². The van der Waals surface area contributed by atoms with E-state index in [1.165, 1.54) is 5.69 Å². The quantitative estimate of drug-likeness (QED) is 0.580. The van der Waals surface area contributed by atoms with E-state index >= 15 is 0 Å². The van der Waals surface area contributed by atoms with Gasteiger partial charge < -0.3 is 15.1 Å². The summed E-state index contributed by atoms with van der Waals surface area (Å²) < 4.78 is 0. The highest BCUT2D eigenvalue weighted by molar-refractivity contribution is 5.88. The molecule has 0 aliphatic carbocycles. The molecule has 7 nitrogen and oxygen atoms in total. The smallest absolute Gasteiger partial charge is 0.243 e. The molecule has 32 heavy (non-hydrogen) atoms. The van der Waals surface area contributed by atoms with Crippen LogP contribution in [-0.4, -0.2) is 48.6 Å². The van der Waals surface area contributed by atoms with E-state index in [0.29, 0.717) is 23.6 Å². The van der Waals surface area contributed by atoms with E-state index in [0.717, 1.165) is 44.5 Å². The molecule has 1 unspecified atom stereocenters. The fourth-order valence-corrected chi connectivity index (χ4v) is 3.98. The van der Waals surface area contributed by atoms with Gasteiger partial charge in [-0.15, -0.1) is 0 Å². The number of carbonyl (C=O) groups is 1. The maximum atomic E-state index is 12.8. The Morgan fingerprint density at radius 1 is 1.00 bits per heavy atom. The molecule has 1 amide bonds. The number of nitrogens with zero attached hydrogens (tertiary/aromatic N) is 5. The van der Waals surface area contributed by atoms with E-state index in [-0.39, 0.29) is 5.91 Å². The van der Waals surface area contributed by atoms with Gasteiger partial charge in [-0.25, -0.2) is 9.97 Å². The summed E-state index contributed by atoms with van der Waals surface area (Å²) in [7, 11) is 0. The zero-order valence-corrected chi connectivity index (χ0v) is 18.4. The van der Waals surface area contributed by atoms with E-state index < -0.39 is 5.92 Å². The third-order valence-electron chi connectivity index (χ3n) is 5.77. The first-order chi connectivity index (χ1) is 15.7. The minimum Gasteiger partial charge on any atom is -0.368 e. The van der Waals surface area contributed by atoms with Crippen molar-refractivity contribution >= 4 is 28.4 Å². The Hall–Kier alpha value is -3.66. The number of hydrogen-bond donors (Lipinski definition) is 1. The number of unbranched alkanes of at least 4 members (excludes halogenated alkanes) is 1. The van der Waals surface area contributed by atoms with E-state index in [1.54, 1.807) is 0 Å². The summed E-state index contributed by atoms with van der Waals surface area (Å²) >= 11 is 0. The van der Waals surface area contributed by atoms with Crippen LogP contribution in [-0.2, 0) is 4.79 Å². The van der Waals surface area contributed by atoms with Crippen molar-refractivity contribution in [3.05, 3.63) is 60.3 Å². The van der Waals surface area contributed by atoms with E-state index in [2.05, 4.69) is 40.2 Å². The average Bonchev–Trinajstić information content (AvgIpc) is 2.85. The molecule has 1 aliphatic heterocycles. The normalized spacial score (nSPS) is 14.8. The van der Waals surface area contributed by atoms with E-state index in [4.69, 9.17) is 9.97 Å². The molecule has 0 saturated carbocycles. The lowest BCUT2D eigenvalue weighted by Gasteiger charge is -2.37. The highest BCUT2D eigenvalue weighted by atomic mass is 16.1. The number of aromatic nitrogens is 2. The Labute approximate surface area is 188 Å². The van der Waals surface area contributed by atoms with Crippen LogP contribution in [0.25, 0.3) is 11.0 Å². The second-order valence-electron chi connectivity index (χ2n) is 7.94. The lowest BCUT2D eigenvalue weighted by Crippen LogP contribution is -2.47. The molecule has 2 heterocycles. The van der Waals surface area contributed by atoms with Gasteiger partial charge in [-0.05, 0) is 30.7 Å². The summed E-state index contributed by atoms with van der Waals surface area (Å²) in [5.74, 6) is -0.672. The van der Waals surface area contributed by atoms with Crippen LogP contribution in [0, 0.1) is 11.3 Å². The number of hydrogen-bond acceptors (Lipinski definition) is 6. The van der Waals surface area contributed by atoms with Gasteiger partial charge in [-0.1, -0.05) is 43.7 Å². The molecule has 164 valence electrons. The minimum absolute atomic E-state index is 0.310. The van der Waals surface area contributed by atoms with Crippen LogP contribution < -0.4 is 15.1 Å². The number of para-hydroxylation sites is 3. The third-order valence-corrected chi connectivity index (χ3v) is 5.77. The summed E-state index contributed by atoms with van der Waals surface area (Å²) in [5, 5.41) is 12.8. The average molecular weight is 429 g/mol. The number of fused-ring (bicyclic) bond motifs is 1. The van der Waals surface area contributed by atoms with Crippen LogP contribution in [0.1, 0.15) is 31.4 Å². The molecule has 7 heteroatoms. The monoisotopic (exact) mass is 428 g/mol. The van der Waals surface area contributed by atoms with Crippen LogP contribution in [0.4, 0.5) is 11.5 Å². The van der Waals surface area contributed by atoms with Crippen LogP contribution in [0.15, 0.2) is 54.6 Å². The van der Waals surface area contributed by atoms with Crippen molar-refractivity contribution in [2.24, 2.45) is 0 Å². The lowest BCUT2D eigenvalue weighted by atomic mass is 10.0. The van der Waals surface area contributed by atoms with Gasteiger partial charge in [0.15, 0.2) is 11.7 Å². The lowest BCUT2D eigenvalue weighted by molar-refractivity contribution is -0.121. The Kier molecular flexibility index (Phi) is 6.81. The molecular formula is C25H28N6O. The summed E-state index contributed by atoms with van der Waals surface area (Å²) in [6.45, 7) is 5.76. The van der Waals surface area contributed by atoms with Crippen molar-refractivity contribution in [3.8, 4) is 6.07 Å². The van der Waals surface area contributed by atoms with E-state index in [1.807, 2.05) is 42.5 Å². The van der Waals surface area contributed by atoms with E-state index in [9.17, 15) is 10.1 Å². The molecule has 1 aromatic heterocycles. The highest BCUT2D eigenvalue weighted by Crippen LogP contribution is 2.29. The van der Waals surface area contributed by atoms with Gasteiger partial charge >= 0.3 is 0 Å². The second kappa shape index (κ2) is 10.1. The predicted octanol–water partition coefficient (Wildman–Crippen LogP) is 3.48. The number of rotatable bonds is 7. The Bertz CT molecular complexity index is 1100. The molecule has 2 aromatic carbocycles. The van der Waals surface area contributed by atoms with Crippen molar-refractivity contribution in [2.75, 3.05) is 42.5 Å². The zero-order chi connectivity index (χ0) is 22.3. The SMILES string of the molecule is CCCCNC(=O)C(C#N)c1nc2ccccc2nc1N1CCN(c2ccccc2)CC1. The number of benzene rings is 2. The molecule has 0 spiro atoms. The molecule has 0 radical (unpaired) electrons. The topological polar surface area (TPSA) is 85.1 Å². The fourth-order valence-electron chi connectivity index (χ4n) is 3.98. The summed E-state index contributed by atoms with van der Waals surface area (Å²) in [5.41, 5.74) is 3.09. The van der Waals surface area contributed by atoms with Gasteiger partial charge in [-0.3, -0.25) is 4.79 Å². The molecule has 4 rings (SSSR count). The molecule has 1 N–H and O–H groups in total. The molecule has 1 atom stereocenters. The first-order valence-corrected chi connectivity index (χ1v) is 11.2. The predicted molar refractivity (Wildman–Crippen MR) is 127 cm³/mol. The minimum atomic E-state index is -0.994. The Morgan fingerprint density at radius 3 is 2.28 bits per heavy atom. The number of piperazine rings is 1. The summed E-state index contributed by atoms with van der Waals surface area (Å²) in [6, 6.07) is 20.1. The largest absolute Gasteiger partial charge is 0.368 e. The van der Waals surface area contributed by atoms with Gasteiger partial charge in [0, 0.05) is 38.4 Å². The first kappa shape index (κ1) is 21.6. The Balaban J connectivity index is 1.63. The standard InChI is InChI=1S/C25H28N6O/c1-2-3-13-27-25(32)20(18-26)23-24(29-22-12-8-7-11-21(22)28-23)31-16-14-30(15-17-31)19-9-5-4-6-10-19/h4-12,20H,2-3,13-17H2,1H3,(H,27,32). The molecule has 1 saturated heterocycles. The zero-order valence-electron chi connectivity index (χ0n) is 18.4. The van der Waals surface area contributed by atoms with Crippen LogP contribution >= 0.6 is 0 Å². The van der Waals surface area contributed by atoms with Crippen LogP contribution in [0.2, 0.25) is 0 Å². The Morgan fingerprint density at radius 2 is 1.62 bits per heavy atom. The van der Waals surface area contributed by atoms with Crippen molar-refractivity contribution in [3.63, 3.8) is 0 Å². The maximum absolute atomic E-state index is 12.8. The third kappa shape index (κ3) is 4.65. The number of anilines is 2. The number of nitriles is 1. The second-order valence-corrected chi connectivity index (χ2v) is 7.94. The number of amides is 1. The molecule has 0 bridgehead atoms. The van der Waals surface area contributed by atoms with Crippen molar-refractivity contribution < 1.29 is 4.79 Å².